The third-order valence-electron chi connectivity index (χ3n) is 2.08. The van der Waals surface area contributed by atoms with Gasteiger partial charge in [-0.1, -0.05) is 17.8 Å². The Morgan fingerprint density at radius 2 is 1.81 bits per heavy atom. The molecule has 0 radical (unpaired) electrons. The molecule has 2 aromatic heterocycles. The highest BCUT2D eigenvalue weighted by molar-refractivity contribution is 7.98. The molecule has 0 saturated heterocycles. The van der Waals surface area contributed by atoms with Gasteiger partial charge in [-0.2, -0.15) is 0 Å². The Kier molecular flexibility index (Phi) is 3.85. The van der Waals surface area contributed by atoms with Crippen LogP contribution in [0.4, 0.5) is 0 Å². The van der Waals surface area contributed by atoms with Crippen LogP contribution >= 0.6 is 11.8 Å². The van der Waals surface area contributed by atoms with E-state index in [2.05, 4.69) is 15.0 Å². The van der Waals surface area contributed by atoms with Crippen molar-refractivity contribution in [2.45, 2.75) is 17.5 Å². The van der Waals surface area contributed by atoms with E-state index in [1.807, 2.05) is 12.1 Å². The zero-order valence-electron chi connectivity index (χ0n) is 8.71. The van der Waals surface area contributed by atoms with E-state index >= 15 is 0 Å². The molecule has 0 fully saturated rings. The molecule has 16 heavy (non-hydrogen) atoms. The quantitative estimate of drug-likeness (QED) is 0.641. The lowest BCUT2D eigenvalue weighted by molar-refractivity contribution is 0.951. The van der Waals surface area contributed by atoms with Gasteiger partial charge in [0.05, 0.1) is 5.69 Å². The van der Waals surface area contributed by atoms with Gasteiger partial charge in [-0.3, -0.25) is 4.98 Å². The molecule has 0 atom stereocenters. The number of nitrogens with zero attached hydrogens (tertiary/aromatic N) is 3. The monoisotopic (exact) mass is 232 g/mol. The number of nitrogens with two attached hydrogens (primary N) is 1. The Labute approximate surface area is 98.3 Å². The lowest BCUT2D eigenvalue weighted by Crippen LogP contribution is -2.03. The fraction of sp³-hybridized carbons (Fsp3) is 0.182. The van der Waals surface area contributed by atoms with Crippen molar-refractivity contribution in [3.63, 3.8) is 0 Å². The predicted molar refractivity (Wildman–Crippen MR) is 63.7 cm³/mol. The van der Waals surface area contributed by atoms with E-state index in [9.17, 15) is 0 Å². The molecule has 0 amide bonds. The summed E-state index contributed by atoms with van der Waals surface area (Å²) in [6.45, 7) is 0.465. The fourth-order valence-corrected chi connectivity index (χ4v) is 2.11. The smallest absolute Gasteiger partial charge is 0.187 e. The molecule has 0 saturated carbocycles. The predicted octanol–water partition coefficient (Wildman–Crippen LogP) is 1.62. The summed E-state index contributed by atoms with van der Waals surface area (Å²) < 4.78 is 0. The molecule has 2 N–H and O–H groups in total. The molecule has 0 aliphatic carbocycles. The number of hydrogen-bond acceptors (Lipinski definition) is 5. The maximum absolute atomic E-state index is 5.62. The summed E-state index contributed by atoms with van der Waals surface area (Å²) in [7, 11) is 0. The Hall–Kier alpha value is -1.46. The van der Waals surface area contributed by atoms with Crippen LogP contribution < -0.4 is 5.73 Å². The van der Waals surface area contributed by atoms with E-state index in [0.717, 1.165) is 22.2 Å². The molecule has 0 aliphatic heterocycles. The highest BCUT2D eigenvalue weighted by Gasteiger charge is 2.03. The van der Waals surface area contributed by atoms with E-state index in [4.69, 9.17) is 5.73 Å². The van der Waals surface area contributed by atoms with E-state index in [1.165, 1.54) is 0 Å². The third kappa shape index (κ3) is 2.77. The zero-order valence-corrected chi connectivity index (χ0v) is 9.52. The molecule has 0 aliphatic rings. The van der Waals surface area contributed by atoms with Crippen LogP contribution in [0.2, 0.25) is 0 Å². The normalized spacial score (nSPS) is 10.3. The van der Waals surface area contributed by atoms with Crippen molar-refractivity contribution >= 4 is 11.8 Å². The number of hydrogen-bond donors (Lipinski definition) is 1. The van der Waals surface area contributed by atoms with Gasteiger partial charge < -0.3 is 5.73 Å². The second kappa shape index (κ2) is 5.58. The second-order valence-electron chi connectivity index (χ2n) is 3.13. The van der Waals surface area contributed by atoms with Crippen molar-refractivity contribution < 1.29 is 0 Å². The number of pyridine rings is 1. The van der Waals surface area contributed by atoms with Gasteiger partial charge in [0.1, 0.15) is 0 Å². The molecule has 0 aromatic carbocycles. The maximum atomic E-state index is 5.62. The van der Waals surface area contributed by atoms with Crippen LogP contribution in [-0.2, 0) is 12.3 Å². The topological polar surface area (TPSA) is 64.7 Å². The Bertz CT molecular complexity index is 447. The van der Waals surface area contributed by atoms with Crippen molar-refractivity contribution in [3.05, 3.63) is 48.0 Å². The number of rotatable bonds is 4. The molecule has 0 spiro atoms. The largest absolute Gasteiger partial charge is 0.325 e. The van der Waals surface area contributed by atoms with Crippen LogP contribution in [0, 0.1) is 0 Å². The lowest BCUT2D eigenvalue weighted by atomic mass is 10.2. The fourth-order valence-electron chi connectivity index (χ4n) is 1.29. The van der Waals surface area contributed by atoms with Crippen LogP contribution in [0.15, 0.2) is 41.9 Å². The molecule has 4 nitrogen and oxygen atoms in total. The third-order valence-corrected chi connectivity index (χ3v) is 3.00. The molecule has 2 heterocycles. The van der Waals surface area contributed by atoms with Crippen LogP contribution in [-0.4, -0.2) is 15.0 Å². The minimum absolute atomic E-state index is 0.465. The first-order valence-electron chi connectivity index (χ1n) is 4.93. The Morgan fingerprint density at radius 1 is 1.06 bits per heavy atom. The van der Waals surface area contributed by atoms with E-state index in [0.29, 0.717) is 6.54 Å². The summed E-state index contributed by atoms with van der Waals surface area (Å²) in [5, 5.41) is 0.773. The van der Waals surface area contributed by atoms with Gasteiger partial charge in [0.15, 0.2) is 5.16 Å². The average molecular weight is 232 g/mol. The van der Waals surface area contributed by atoms with Crippen molar-refractivity contribution in [2.24, 2.45) is 5.73 Å². The van der Waals surface area contributed by atoms with Crippen molar-refractivity contribution in [1.82, 2.24) is 15.0 Å². The minimum Gasteiger partial charge on any atom is -0.325 e. The van der Waals surface area contributed by atoms with Crippen molar-refractivity contribution in [3.8, 4) is 0 Å². The molecule has 2 rings (SSSR count). The summed E-state index contributed by atoms with van der Waals surface area (Å²) in [5.74, 6) is 0.796. The SMILES string of the molecule is NCc1ncccc1CSc1ncccn1. The van der Waals surface area contributed by atoms with Crippen LogP contribution in [0.5, 0.6) is 0 Å². The van der Waals surface area contributed by atoms with Crippen molar-refractivity contribution in [1.29, 1.82) is 0 Å². The first kappa shape index (κ1) is 11.0. The van der Waals surface area contributed by atoms with Gasteiger partial charge in [-0.05, 0) is 17.7 Å². The standard InChI is InChI=1S/C11H12N4S/c12-7-10-9(3-1-4-13-10)8-16-11-14-5-2-6-15-11/h1-6H,7-8,12H2. The Morgan fingerprint density at radius 3 is 2.56 bits per heavy atom. The van der Waals surface area contributed by atoms with Crippen LogP contribution in [0.1, 0.15) is 11.3 Å². The molecular formula is C11H12N4S. The maximum Gasteiger partial charge on any atom is 0.187 e. The summed E-state index contributed by atoms with van der Waals surface area (Å²) in [5.41, 5.74) is 7.69. The highest BCUT2D eigenvalue weighted by atomic mass is 32.2. The summed E-state index contributed by atoms with van der Waals surface area (Å²) in [6.07, 6.45) is 5.24. The number of thioether (sulfide) groups is 1. The van der Waals surface area contributed by atoms with Gasteiger partial charge in [-0.15, -0.1) is 0 Å². The van der Waals surface area contributed by atoms with Crippen LogP contribution in [0.3, 0.4) is 0 Å². The molecule has 2 aromatic rings. The average Bonchev–Trinajstić information content (AvgIpc) is 2.38. The van der Waals surface area contributed by atoms with Crippen LogP contribution in [0.25, 0.3) is 0 Å². The summed E-state index contributed by atoms with van der Waals surface area (Å²) in [6, 6.07) is 5.76. The molecular weight excluding hydrogens is 220 g/mol. The molecule has 82 valence electrons. The molecule has 5 heteroatoms. The highest BCUT2D eigenvalue weighted by Crippen LogP contribution is 2.19. The van der Waals surface area contributed by atoms with Gasteiger partial charge in [-0.25, -0.2) is 9.97 Å². The van der Waals surface area contributed by atoms with Crippen molar-refractivity contribution in [2.75, 3.05) is 0 Å². The zero-order chi connectivity index (χ0) is 11.2. The first-order valence-corrected chi connectivity index (χ1v) is 5.91. The van der Waals surface area contributed by atoms with Gasteiger partial charge >= 0.3 is 0 Å². The summed E-state index contributed by atoms with van der Waals surface area (Å²) >= 11 is 1.59. The van der Waals surface area contributed by atoms with E-state index in [-0.39, 0.29) is 0 Å². The minimum atomic E-state index is 0.465. The Balaban J connectivity index is 2.05. The van der Waals surface area contributed by atoms with E-state index in [1.54, 1.807) is 36.4 Å². The van der Waals surface area contributed by atoms with Gasteiger partial charge in [0, 0.05) is 30.9 Å². The first-order chi connectivity index (χ1) is 7.90. The second-order valence-corrected chi connectivity index (χ2v) is 4.08. The van der Waals surface area contributed by atoms with Gasteiger partial charge in [0.2, 0.25) is 0 Å². The van der Waals surface area contributed by atoms with E-state index < -0.39 is 0 Å². The molecule has 0 unspecified atom stereocenters. The molecule has 0 bridgehead atoms. The lowest BCUT2D eigenvalue weighted by Gasteiger charge is -2.04. The summed E-state index contributed by atoms with van der Waals surface area (Å²) in [4.78, 5) is 12.5. The number of aromatic nitrogens is 3. The van der Waals surface area contributed by atoms with Gasteiger partial charge in [0.25, 0.3) is 0 Å².